The Kier molecular flexibility index (Phi) is 3.69. The van der Waals surface area contributed by atoms with Gasteiger partial charge in [0, 0.05) is 0 Å². The summed E-state index contributed by atoms with van der Waals surface area (Å²) >= 11 is 0. The van der Waals surface area contributed by atoms with Gasteiger partial charge in [0.2, 0.25) is 6.33 Å². The molecule has 0 amide bonds. The maximum absolute atomic E-state index is 8.76. The molecule has 0 N–H and O–H groups in total. The van der Waals surface area contributed by atoms with Gasteiger partial charge in [-0.1, -0.05) is 0 Å². The molecule has 1 heterocycles. The highest BCUT2D eigenvalue weighted by Gasteiger charge is 2.11. The number of hydrogen-bond donors (Lipinski definition) is 0. The number of aromatic nitrogens is 2. The van der Waals surface area contributed by atoms with Crippen LogP contribution in [0.4, 0.5) is 0 Å². The first kappa shape index (κ1) is 10.3. The highest BCUT2D eigenvalue weighted by Crippen LogP contribution is 1.99. The molecule has 0 radical (unpaired) electrons. The zero-order chi connectivity index (χ0) is 10.4. The summed E-state index contributed by atoms with van der Waals surface area (Å²) in [5.74, 6) is -0.210. The van der Waals surface area contributed by atoms with Crippen molar-refractivity contribution in [2.45, 2.75) is 26.4 Å². The molecular formula is C10H13N4+. The summed E-state index contributed by atoms with van der Waals surface area (Å²) in [5, 5.41) is 17.2. The van der Waals surface area contributed by atoms with E-state index >= 15 is 0 Å². The molecule has 0 spiro atoms. The standard InChI is InChI=1S/C10H13N4/c1-2-13-5-6-14(9-13)8-10(7-12)3-4-11/h5-6,9-10H,2-3,8H2,1H3/q+1. The lowest BCUT2D eigenvalue weighted by atomic mass is 10.1. The van der Waals surface area contributed by atoms with E-state index in [0.717, 1.165) is 6.54 Å². The van der Waals surface area contributed by atoms with E-state index in [4.69, 9.17) is 10.5 Å². The Bertz CT molecular complexity index is 366. The molecular weight excluding hydrogens is 176 g/mol. The number of imidazole rings is 1. The maximum atomic E-state index is 8.76. The van der Waals surface area contributed by atoms with E-state index in [1.807, 2.05) is 33.9 Å². The number of aryl methyl sites for hydroxylation is 1. The Morgan fingerprint density at radius 1 is 1.50 bits per heavy atom. The molecule has 14 heavy (non-hydrogen) atoms. The van der Waals surface area contributed by atoms with E-state index in [1.165, 1.54) is 0 Å². The first-order valence-corrected chi connectivity index (χ1v) is 4.61. The highest BCUT2D eigenvalue weighted by molar-refractivity contribution is 4.87. The number of nitrogens with zero attached hydrogens (tertiary/aromatic N) is 4. The molecule has 1 atom stereocenters. The molecule has 0 aliphatic heterocycles. The second-order valence-electron chi connectivity index (χ2n) is 3.13. The summed E-state index contributed by atoms with van der Waals surface area (Å²) in [6.07, 6.45) is 6.12. The highest BCUT2D eigenvalue weighted by atomic mass is 15.1. The van der Waals surface area contributed by atoms with Crippen LogP contribution in [0, 0.1) is 28.6 Å². The Hall–Kier alpha value is -1.81. The van der Waals surface area contributed by atoms with E-state index < -0.39 is 0 Å². The fraction of sp³-hybridized carbons (Fsp3) is 0.500. The summed E-state index contributed by atoms with van der Waals surface area (Å²) in [6, 6.07) is 4.14. The molecule has 1 aromatic heterocycles. The lowest BCUT2D eigenvalue weighted by molar-refractivity contribution is -0.700. The normalized spacial score (nSPS) is 11.6. The fourth-order valence-electron chi connectivity index (χ4n) is 1.25. The smallest absolute Gasteiger partial charge is 0.237 e. The predicted molar refractivity (Wildman–Crippen MR) is 49.6 cm³/mol. The van der Waals surface area contributed by atoms with E-state index in [9.17, 15) is 0 Å². The molecule has 4 nitrogen and oxygen atoms in total. The van der Waals surface area contributed by atoms with Gasteiger partial charge in [0.05, 0.1) is 31.0 Å². The zero-order valence-electron chi connectivity index (χ0n) is 8.22. The van der Waals surface area contributed by atoms with Crippen molar-refractivity contribution in [1.82, 2.24) is 4.57 Å². The molecule has 0 aliphatic carbocycles. The van der Waals surface area contributed by atoms with Crippen LogP contribution in [0.5, 0.6) is 0 Å². The lowest BCUT2D eigenvalue weighted by Crippen LogP contribution is -2.35. The molecule has 0 aromatic carbocycles. The van der Waals surface area contributed by atoms with Crippen LogP contribution >= 0.6 is 0 Å². The molecule has 0 saturated heterocycles. The van der Waals surface area contributed by atoms with Gasteiger partial charge >= 0.3 is 0 Å². The third kappa shape index (κ3) is 2.60. The van der Waals surface area contributed by atoms with Crippen LogP contribution in [0.2, 0.25) is 0 Å². The molecule has 72 valence electrons. The topological polar surface area (TPSA) is 56.4 Å². The largest absolute Gasteiger partial charge is 0.243 e. The minimum atomic E-state index is -0.210. The summed E-state index contributed by atoms with van der Waals surface area (Å²) in [6.45, 7) is 3.57. The van der Waals surface area contributed by atoms with Crippen molar-refractivity contribution in [1.29, 1.82) is 10.5 Å². The predicted octanol–water partition coefficient (Wildman–Crippen LogP) is 0.849. The van der Waals surface area contributed by atoms with Gasteiger partial charge in [-0.15, -0.1) is 0 Å². The van der Waals surface area contributed by atoms with Crippen molar-refractivity contribution in [3.8, 4) is 12.1 Å². The van der Waals surface area contributed by atoms with Crippen molar-refractivity contribution < 1.29 is 4.57 Å². The van der Waals surface area contributed by atoms with Crippen LogP contribution in [0.3, 0.4) is 0 Å². The van der Waals surface area contributed by atoms with Crippen molar-refractivity contribution in [2.24, 2.45) is 5.92 Å². The minimum Gasteiger partial charge on any atom is -0.237 e. The zero-order valence-corrected chi connectivity index (χ0v) is 8.22. The summed E-state index contributed by atoms with van der Waals surface area (Å²) in [5.41, 5.74) is 0. The first-order valence-electron chi connectivity index (χ1n) is 4.61. The van der Waals surface area contributed by atoms with E-state index in [1.54, 1.807) is 0 Å². The van der Waals surface area contributed by atoms with Crippen LogP contribution in [0.25, 0.3) is 0 Å². The quantitative estimate of drug-likeness (QED) is 0.659. The van der Waals surface area contributed by atoms with Gasteiger partial charge < -0.3 is 0 Å². The Labute approximate surface area is 83.6 Å². The van der Waals surface area contributed by atoms with E-state index in [-0.39, 0.29) is 5.92 Å². The SMILES string of the molecule is CCn1cc[n+](CC(C#N)CC#N)c1. The molecule has 0 fully saturated rings. The summed E-state index contributed by atoms with van der Waals surface area (Å²) < 4.78 is 3.97. The van der Waals surface area contributed by atoms with Crippen molar-refractivity contribution in [2.75, 3.05) is 0 Å². The molecule has 0 saturated carbocycles. The van der Waals surface area contributed by atoms with Gasteiger partial charge in [0.25, 0.3) is 0 Å². The molecule has 0 bridgehead atoms. The van der Waals surface area contributed by atoms with Crippen molar-refractivity contribution in [3.63, 3.8) is 0 Å². The van der Waals surface area contributed by atoms with Crippen molar-refractivity contribution >= 4 is 0 Å². The van der Waals surface area contributed by atoms with Crippen LogP contribution in [0.1, 0.15) is 13.3 Å². The summed E-state index contributed by atoms with van der Waals surface area (Å²) in [4.78, 5) is 0. The molecule has 4 heteroatoms. The fourth-order valence-corrected chi connectivity index (χ4v) is 1.25. The van der Waals surface area contributed by atoms with E-state index in [0.29, 0.717) is 13.0 Å². The van der Waals surface area contributed by atoms with Crippen molar-refractivity contribution in [3.05, 3.63) is 18.7 Å². The van der Waals surface area contributed by atoms with Crippen LogP contribution in [-0.4, -0.2) is 4.57 Å². The third-order valence-electron chi connectivity index (χ3n) is 2.06. The monoisotopic (exact) mass is 189 g/mol. The summed E-state index contributed by atoms with van der Waals surface area (Å²) in [7, 11) is 0. The average Bonchev–Trinajstić information content (AvgIpc) is 2.65. The Balaban J connectivity index is 2.59. The minimum absolute atomic E-state index is 0.210. The van der Waals surface area contributed by atoms with Gasteiger partial charge in [-0.2, -0.15) is 10.5 Å². The molecule has 1 unspecified atom stereocenters. The first-order chi connectivity index (χ1) is 6.80. The third-order valence-corrected chi connectivity index (χ3v) is 2.06. The second-order valence-corrected chi connectivity index (χ2v) is 3.13. The second kappa shape index (κ2) is 5.04. The van der Waals surface area contributed by atoms with Gasteiger partial charge in [-0.25, -0.2) is 9.13 Å². The lowest BCUT2D eigenvalue weighted by Gasteiger charge is -1.99. The number of nitriles is 2. The molecule has 1 rings (SSSR count). The number of rotatable bonds is 4. The van der Waals surface area contributed by atoms with Gasteiger partial charge in [0.15, 0.2) is 0 Å². The van der Waals surface area contributed by atoms with Crippen LogP contribution in [0.15, 0.2) is 18.7 Å². The van der Waals surface area contributed by atoms with Gasteiger partial charge in [-0.05, 0) is 6.92 Å². The molecule has 0 aliphatic rings. The Morgan fingerprint density at radius 3 is 2.79 bits per heavy atom. The van der Waals surface area contributed by atoms with Crippen LogP contribution in [-0.2, 0) is 13.1 Å². The maximum Gasteiger partial charge on any atom is 0.243 e. The van der Waals surface area contributed by atoms with Gasteiger partial charge in [0.1, 0.15) is 18.9 Å². The number of hydrogen-bond acceptors (Lipinski definition) is 2. The van der Waals surface area contributed by atoms with Gasteiger partial charge in [-0.3, -0.25) is 0 Å². The average molecular weight is 189 g/mol. The molecule has 1 aromatic rings. The van der Waals surface area contributed by atoms with Crippen LogP contribution < -0.4 is 4.57 Å². The van der Waals surface area contributed by atoms with E-state index in [2.05, 4.69) is 13.0 Å². The Morgan fingerprint density at radius 2 is 2.29 bits per heavy atom.